The minimum atomic E-state index is 0.246. The Morgan fingerprint density at radius 2 is 2.00 bits per heavy atom. The SMILES string of the molecule is Cc1ccccc1-c1cnc(N)c(Cl)n1. The van der Waals surface area contributed by atoms with Gasteiger partial charge in [-0.3, -0.25) is 0 Å². The molecule has 0 aliphatic carbocycles. The fraction of sp³-hybridized carbons (Fsp3) is 0.0909. The Kier molecular flexibility index (Phi) is 2.56. The van der Waals surface area contributed by atoms with Crippen LogP contribution in [0.4, 0.5) is 5.82 Å². The second-order valence-electron chi connectivity index (χ2n) is 3.25. The summed E-state index contributed by atoms with van der Waals surface area (Å²) >= 11 is 5.82. The van der Waals surface area contributed by atoms with E-state index in [1.165, 1.54) is 0 Å². The largest absolute Gasteiger partial charge is 0.381 e. The summed E-state index contributed by atoms with van der Waals surface area (Å²) in [4.78, 5) is 8.16. The maximum absolute atomic E-state index is 5.82. The molecule has 0 aliphatic rings. The van der Waals surface area contributed by atoms with Gasteiger partial charge in [0.05, 0.1) is 11.9 Å². The van der Waals surface area contributed by atoms with Crippen molar-refractivity contribution in [3.8, 4) is 11.3 Å². The van der Waals surface area contributed by atoms with Crippen LogP contribution < -0.4 is 5.73 Å². The predicted octanol–water partition coefficient (Wildman–Crippen LogP) is 2.69. The molecule has 76 valence electrons. The van der Waals surface area contributed by atoms with Gasteiger partial charge < -0.3 is 5.73 Å². The number of rotatable bonds is 1. The van der Waals surface area contributed by atoms with Gasteiger partial charge in [0.2, 0.25) is 0 Å². The molecule has 15 heavy (non-hydrogen) atoms. The molecule has 3 nitrogen and oxygen atoms in total. The van der Waals surface area contributed by atoms with Crippen molar-refractivity contribution in [3.05, 3.63) is 41.2 Å². The van der Waals surface area contributed by atoms with Gasteiger partial charge in [-0.15, -0.1) is 0 Å². The van der Waals surface area contributed by atoms with E-state index in [0.29, 0.717) is 0 Å². The molecule has 1 aromatic carbocycles. The van der Waals surface area contributed by atoms with Gasteiger partial charge in [-0.05, 0) is 12.5 Å². The summed E-state index contributed by atoms with van der Waals surface area (Å²) < 4.78 is 0. The van der Waals surface area contributed by atoms with Crippen LogP contribution in [0.25, 0.3) is 11.3 Å². The molecule has 0 aliphatic heterocycles. The summed E-state index contributed by atoms with van der Waals surface area (Å²) in [7, 11) is 0. The first-order chi connectivity index (χ1) is 7.18. The van der Waals surface area contributed by atoms with Gasteiger partial charge in [0.1, 0.15) is 0 Å². The highest BCUT2D eigenvalue weighted by Crippen LogP contribution is 2.23. The third-order valence-corrected chi connectivity index (χ3v) is 2.46. The number of hydrogen-bond acceptors (Lipinski definition) is 3. The van der Waals surface area contributed by atoms with Gasteiger partial charge in [0.15, 0.2) is 11.0 Å². The Morgan fingerprint density at radius 1 is 1.27 bits per heavy atom. The fourth-order valence-corrected chi connectivity index (χ4v) is 1.51. The number of nitrogens with zero attached hydrogens (tertiary/aromatic N) is 2. The standard InChI is InChI=1S/C11H10ClN3/c1-7-4-2-3-5-8(7)9-6-14-11(13)10(12)15-9/h2-6H,1H3,(H2,13,14). The summed E-state index contributed by atoms with van der Waals surface area (Å²) in [6.07, 6.45) is 1.63. The van der Waals surface area contributed by atoms with E-state index >= 15 is 0 Å². The van der Waals surface area contributed by atoms with E-state index in [1.54, 1.807) is 6.20 Å². The molecular weight excluding hydrogens is 210 g/mol. The normalized spacial score (nSPS) is 10.3. The molecular formula is C11H10ClN3. The highest BCUT2D eigenvalue weighted by atomic mass is 35.5. The van der Waals surface area contributed by atoms with Crippen LogP contribution in [0, 0.1) is 6.92 Å². The number of halogens is 1. The Labute approximate surface area is 92.9 Å². The summed E-state index contributed by atoms with van der Waals surface area (Å²) in [6, 6.07) is 7.92. The maximum Gasteiger partial charge on any atom is 0.171 e. The van der Waals surface area contributed by atoms with Crippen molar-refractivity contribution < 1.29 is 0 Å². The van der Waals surface area contributed by atoms with Crippen LogP contribution in [0.5, 0.6) is 0 Å². The first kappa shape index (κ1) is 9.93. The second-order valence-corrected chi connectivity index (χ2v) is 3.60. The summed E-state index contributed by atoms with van der Waals surface area (Å²) in [6.45, 7) is 2.02. The second kappa shape index (κ2) is 3.87. The zero-order valence-corrected chi connectivity index (χ0v) is 8.99. The Bertz CT molecular complexity index is 497. The van der Waals surface area contributed by atoms with Crippen LogP contribution >= 0.6 is 11.6 Å². The van der Waals surface area contributed by atoms with Crippen LogP contribution in [0.1, 0.15) is 5.56 Å². The van der Waals surface area contributed by atoms with Crippen molar-refractivity contribution in [2.75, 3.05) is 5.73 Å². The van der Waals surface area contributed by atoms with E-state index in [2.05, 4.69) is 9.97 Å². The number of anilines is 1. The quantitative estimate of drug-likeness (QED) is 0.802. The average Bonchev–Trinajstić information content (AvgIpc) is 2.23. The molecule has 0 saturated heterocycles. The van der Waals surface area contributed by atoms with E-state index < -0.39 is 0 Å². The predicted molar refractivity (Wildman–Crippen MR) is 61.6 cm³/mol. The van der Waals surface area contributed by atoms with E-state index in [4.69, 9.17) is 17.3 Å². The monoisotopic (exact) mass is 219 g/mol. The first-order valence-corrected chi connectivity index (χ1v) is 4.90. The van der Waals surface area contributed by atoms with Crippen LogP contribution in [0.3, 0.4) is 0 Å². The van der Waals surface area contributed by atoms with Gasteiger partial charge in [-0.25, -0.2) is 9.97 Å². The summed E-state index contributed by atoms with van der Waals surface area (Å²) in [5.74, 6) is 0.258. The van der Waals surface area contributed by atoms with Crippen LogP contribution in [-0.2, 0) is 0 Å². The van der Waals surface area contributed by atoms with Crippen molar-refractivity contribution in [2.45, 2.75) is 6.92 Å². The first-order valence-electron chi connectivity index (χ1n) is 4.52. The number of benzene rings is 1. The maximum atomic E-state index is 5.82. The minimum Gasteiger partial charge on any atom is -0.381 e. The average molecular weight is 220 g/mol. The molecule has 0 radical (unpaired) electrons. The summed E-state index contributed by atoms with van der Waals surface area (Å²) in [5.41, 5.74) is 8.39. The Balaban J connectivity index is 2.55. The van der Waals surface area contributed by atoms with E-state index in [1.807, 2.05) is 31.2 Å². The third-order valence-electron chi connectivity index (χ3n) is 2.18. The molecule has 0 spiro atoms. The summed E-state index contributed by atoms with van der Waals surface area (Å²) in [5, 5.41) is 0.246. The highest BCUT2D eigenvalue weighted by molar-refractivity contribution is 6.31. The van der Waals surface area contributed by atoms with Crippen molar-refractivity contribution in [1.29, 1.82) is 0 Å². The Morgan fingerprint density at radius 3 is 2.67 bits per heavy atom. The molecule has 0 unspecified atom stereocenters. The molecule has 0 atom stereocenters. The number of aromatic nitrogens is 2. The highest BCUT2D eigenvalue weighted by Gasteiger charge is 2.05. The molecule has 0 saturated carbocycles. The van der Waals surface area contributed by atoms with Crippen LogP contribution in [0.2, 0.25) is 5.15 Å². The minimum absolute atomic E-state index is 0.246. The van der Waals surface area contributed by atoms with Gasteiger partial charge >= 0.3 is 0 Å². The lowest BCUT2D eigenvalue weighted by Gasteiger charge is -2.05. The molecule has 0 amide bonds. The zero-order valence-electron chi connectivity index (χ0n) is 8.24. The molecule has 1 aromatic heterocycles. The van der Waals surface area contributed by atoms with E-state index in [-0.39, 0.29) is 11.0 Å². The smallest absolute Gasteiger partial charge is 0.171 e. The van der Waals surface area contributed by atoms with Gasteiger partial charge in [0, 0.05) is 5.56 Å². The molecule has 0 bridgehead atoms. The Hall–Kier alpha value is -1.61. The number of aryl methyl sites for hydroxylation is 1. The third kappa shape index (κ3) is 1.92. The van der Waals surface area contributed by atoms with Crippen LogP contribution in [0.15, 0.2) is 30.5 Å². The lowest BCUT2D eigenvalue weighted by molar-refractivity contribution is 1.21. The lowest BCUT2D eigenvalue weighted by Crippen LogP contribution is -1.95. The number of nitrogen functional groups attached to an aromatic ring is 1. The van der Waals surface area contributed by atoms with Gasteiger partial charge in [-0.1, -0.05) is 35.9 Å². The van der Waals surface area contributed by atoms with E-state index in [0.717, 1.165) is 16.8 Å². The van der Waals surface area contributed by atoms with Gasteiger partial charge in [-0.2, -0.15) is 0 Å². The molecule has 2 N–H and O–H groups in total. The molecule has 0 fully saturated rings. The number of nitrogens with two attached hydrogens (primary N) is 1. The zero-order chi connectivity index (χ0) is 10.8. The van der Waals surface area contributed by atoms with Crippen molar-refractivity contribution in [1.82, 2.24) is 9.97 Å². The molecule has 2 rings (SSSR count). The van der Waals surface area contributed by atoms with Crippen LogP contribution in [-0.4, -0.2) is 9.97 Å². The van der Waals surface area contributed by atoms with Gasteiger partial charge in [0.25, 0.3) is 0 Å². The van der Waals surface area contributed by atoms with Crippen molar-refractivity contribution in [3.63, 3.8) is 0 Å². The van der Waals surface area contributed by atoms with Crippen molar-refractivity contribution >= 4 is 17.4 Å². The molecule has 4 heteroatoms. The fourth-order valence-electron chi connectivity index (χ4n) is 1.37. The van der Waals surface area contributed by atoms with E-state index in [9.17, 15) is 0 Å². The molecule has 1 heterocycles. The molecule has 2 aromatic rings. The number of hydrogen-bond donors (Lipinski definition) is 1. The van der Waals surface area contributed by atoms with Crippen molar-refractivity contribution in [2.24, 2.45) is 0 Å². The topological polar surface area (TPSA) is 51.8 Å². The lowest BCUT2D eigenvalue weighted by atomic mass is 10.1.